The fourth-order valence-corrected chi connectivity index (χ4v) is 3.48. The van der Waals surface area contributed by atoms with Crippen LogP contribution in [0.4, 0.5) is 0 Å². The van der Waals surface area contributed by atoms with Crippen molar-refractivity contribution in [1.29, 1.82) is 0 Å². The van der Waals surface area contributed by atoms with Gasteiger partial charge in [-0.2, -0.15) is 0 Å². The number of carbonyl (C=O) groups excluding carboxylic acids is 1. The Kier molecular flexibility index (Phi) is 6.52. The van der Waals surface area contributed by atoms with Crippen molar-refractivity contribution in [3.8, 4) is 0 Å². The number of aryl methyl sites for hydroxylation is 1. The number of rotatable bonds is 6. The van der Waals surface area contributed by atoms with Crippen LogP contribution in [-0.4, -0.2) is 46.9 Å². The van der Waals surface area contributed by atoms with Gasteiger partial charge >= 0.3 is 0 Å². The second-order valence-corrected chi connectivity index (χ2v) is 7.53. The highest BCUT2D eigenvalue weighted by Gasteiger charge is 2.19. The maximum absolute atomic E-state index is 13.0. The lowest BCUT2D eigenvalue weighted by molar-refractivity contribution is 0.0726. The molecule has 0 saturated carbocycles. The highest BCUT2D eigenvalue weighted by Crippen LogP contribution is 2.23. The molecule has 26 heavy (non-hydrogen) atoms. The maximum Gasteiger partial charge on any atom is 0.255 e. The van der Waals surface area contributed by atoms with Gasteiger partial charge in [-0.25, -0.2) is 0 Å². The molecule has 0 N–H and O–H groups in total. The Labute approximate surface area is 164 Å². The third-order valence-corrected chi connectivity index (χ3v) is 5.43. The van der Waals surface area contributed by atoms with Gasteiger partial charge in [-0.1, -0.05) is 29.3 Å². The van der Waals surface area contributed by atoms with E-state index in [2.05, 4.69) is 9.88 Å². The molecule has 1 amide bonds. The lowest BCUT2D eigenvalue weighted by Crippen LogP contribution is -2.37. The lowest BCUT2D eigenvalue weighted by atomic mass is 10.1. The summed E-state index contributed by atoms with van der Waals surface area (Å²) in [6.07, 6.45) is 4.13. The zero-order valence-electron chi connectivity index (χ0n) is 14.9. The van der Waals surface area contributed by atoms with Crippen molar-refractivity contribution in [3.05, 3.63) is 63.4 Å². The van der Waals surface area contributed by atoms with Crippen molar-refractivity contribution < 1.29 is 4.79 Å². The Hall–Kier alpha value is -1.62. The van der Waals surface area contributed by atoms with Crippen LogP contribution in [0.5, 0.6) is 0 Å². The summed E-state index contributed by atoms with van der Waals surface area (Å²) in [5.41, 5.74) is 2.47. The van der Waals surface area contributed by atoms with Crippen LogP contribution < -0.4 is 0 Å². The van der Waals surface area contributed by atoms with Crippen LogP contribution in [0.15, 0.2) is 36.5 Å². The van der Waals surface area contributed by atoms with Crippen molar-refractivity contribution in [2.45, 2.75) is 26.3 Å². The van der Waals surface area contributed by atoms with Crippen LogP contribution in [0, 0.1) is 6.92 Å². The summed E-state index contributed by atoms with van der Waals surface area (Å²) in [6.45, 7) is 6.19. The minimum Gasteiger partial charge on any atom is -0.333 e. The van der Waals surface area contributed by atoms with Gasteiger partial charge in [-0.15, -0.1) is 0 Å². The zero-order valence-corrected chi connectivity index (χ0v) is 16.4. The second kappa shape index (κ2) is 8.85. The molecule has 0 radical (unpaired) electrons. The molecule has 2 heterocycles. The molecular weight excluding hydrogens is 369 g/mol. The molecule has 0 atom stereocenters. The number of likely N-dealkylation sites (tertiary alicyclic amines) is 1. The van der Waals surface area contributed by atoms with E-state index in [1.807, 2.05) is 36.1 Å². The van der Waals surface area contributed by atoms with E-state index >= 15 is 0 Å². The normalized spacial score (nSPS) is 14.6. The molecule has 1 aromatic carbocycles. The SMILES string of the molecule is Cc1ccc(C(=O)N(CCN2CCCC2)Cc2ccc(Cl)c(Cl)c2)cn1. The lowest BCUT2D eigenvalue weighted by Gasteiger charge is -2.26. The van der Waals surface area contributed by atoms with Crippen molar-refractivity contribution in [2.24, 2.45) is 0 Å². The van der Waals surface area contributed by atoms with E-state index in [1.54, 1.807) is 12.3 Å². The second-order valence-electron chi connectivity index (χ2n) is 6.71. The highest BCUT2D eigenvalue weighted by molar-refractivity contribution is 6.42. The largest absolute Gasteiger partial charge is 0.333 e. The molecule has 0 bridgehead atoms. The van der Waals surface area contributed by atoms with Gasteiger partial charge in [-0.3, -0.25) is 9.78 Å². The number of aromatic nitrogens is 1. The van der Waals surface area contributed by atoms with Gasteiger partial charge in [0.05, 0.1) is 15.6 Å². The molecule has 1 aliphatic rings. The Morgan fingerprint density at radius 1 is 1.15 bits per heavy atom. The first kappa shape index (κ1) is 19.2. The first-order chi connectivity index (χ1) is 12.5. The quantitative estimate of drug-likeness (QED) is 0.730. The summed E-state index contributed by atoms with van der Waals surface area (Å²) in [6, 6.07) is 9.22. The third-order valence-electron chi connectivity index (χ3n) is 4.69. The molecule has 2 aromatic rings. The van der Waals surface area contributed by atoms with Gasteiger partial charge < -0.3 is 9.80 Å². The monoisotopic (exact) mass is 391 g/mol. The van der Waals surface area contributed by atoms with Crippen molar-refractivity contribution in [3.63, 3.8) is 0 Å². The summed E-state index contributed by atoms with van der Waals surface area (Å²) in [5, 5.41) is 1.03. The van der Waals surface area contributed by atoms with E-state index in [9.17, 15) is 4.79 Å². The number of halogens is 2. The van der Waals surface area contributed by atoms with Crippen molar-refractivity contribution in [2.75, 3.05) is 26.2 Å². The van der Waals surface area contributed by atoms with Crippen LogP contribution >= 0.6 is 23.2 Å². The molecule has 1 saturated heterocycles. The molecule has 1 aromatic heterocycles. The molecule has 0 unspecified atom stereocenters. The average Bonchev–Trinajstić information content (AvgIpc) is 3.15. The Morgan fingerprint density at radius 3 is 2.58 bits per heavy atom. The fraction of sp³-hybridized carbons (Fsp3) is 0.400. The molecule has 0 spiro atoms. The maximum atomic E-state index is 13.0. The summed E-state index contributed by atoms with van der Waals surface area (Å²) in [5.74, 6) is -0.0113. The predicted octanol–water partition coefficient (Wildman–Crippen LogP) is 4.44. The van der Waals surface area contributed by atoms with Crippen molar-refractivity contribution in [1.82, 2.24) is 14.8 Å². The van der Waals surface area contributed by atoms with Gasteiger partial charge in [0, 0.05) is 31.5 Å². The number of nitrogens with zero attached hydrogens (tertiary/aromatic N) is 3. The molecule has 6 heteroatoms. The van der Waals surface area contributed by atoms with E-state index in [-0.39, 0.29) is 5.91 Å². The number of carbonyl (C=O) groups is 1. The van der Waals surface area contributed by atoms with Crippen LogP contribution in [0.1, 0.15) is 34.5 Å². The topological polar surface area (TPSA) is 36.4 Å². The number of hydrogen-bond acceptors (Lipinski definition) is 3. The highest BCUT2D eigenvalue weighted by atomic mass is 35.5. The summed E-state index contributed by atoms with van der Waals surface area (Å²) in [4.78, 5) is 21.6. The Balaban J connectivity index is 1.76. The first-order valence-corrected chi connectivity index (χ1v) is 9.67. The Bertz CT molecular complexity index is 758. The molecule has 1 fully saturated rings. The minimum absolute atomic E-state index is 0.0113. The summed E-state index contributed by atoms with van der Waals surface area (Å²) < 4.78 is 0. The predicted molar refractivity (Wildman–Crippen MR) is 106 cm³/mol. The number of pyridine rings is 1. The van der Waals surface area contributed by atoms with Gasteiger partial charge in [-0.05, 0) is 62.7 Å². The van der Waals surface area contributed by atoms with E-state index in [1.165, 1.54) is 12.8 Å². The molecule has 1 aliphatic heterocycles. The number of hydrogen-bond donors (Lipinski definition) is 0. The fourth-order valence-electron chi connectivity index (χ4n) is 3.16. The van der Waals surface area contributed by atoms with E-state index in [0.717, 1.165) is 30.9 Å². The van der Waals surface area contributed by atoms with Gasteiger partial charge in [0.25, 0.3) is 5.91 Å². The first-order valence-electron chi connectivity index (χ1n) is 8.91. The molecule has 4 nitrogen and oxygen atoms in total. The third kappa shape index (κ3) is 4.97. The van der Waals surface area contributed by atoms with Crippen LogP contribution in [-0.2, 0) is 6.54 Å². The van der Waals surface area contributed by atoms with Gasteiger partial charge in [0.15, 0.2) is 0 Å². The Morgan fingerprint density at radius 2 is 1.92 bits per heavy atom. The zero-order chi connectivity index (χ0) is 18.5. The molecule has 0 aliphatic carbocycles. The van der Waals surface area contributed by atoms with E-state index in [4.69, 9.17) is 23.2 Å². The molecule has 3 rings (SSSR count). The van der Waals surface area contributed by atoms with Crippen molar-refractivity contribution >= 4 is 29.1 Å². The number of amides is 1. The molecule has 138 valence electrons. The van der Waals surface area contributed by atoms with Crippen LogP contribution in [0.3, 0.4) is 0 Å². The van der Waals surface area contributed by atoms with Crippen LogP contribution in [0.2, 0.25) is 10.0 Å². The van der Waals surface area contributed by atoms with Gasteiger partial charge in [0.2, 0.25) is 0 Å². The number of benzene rings is 1. The summed E-state index contributed by atoms with van der Waals surface area (Å²) >= 11 is 12.1. The summed E-state index contributed by atoms with van der Waals surface area (Å²) in [7, 11) is 0. The molecular formula is C20H23Cl2N3O. The standard InChI is InChI=1S/C20H23Cl2N3O/c1-15-4-6-17(13-23-15)20(26)25(11-10-24-8-2-3-9-24)14-16-5-7-18(21)19(22)12-16/h4-7,12-13H,2-3,8-11,14H2,1H3. The minimum atomic E-state index is -0.0113. The van der Waals surface area contributed by atoms with Gasteiger partial charge in [0.1, 0.15) is 0 Å². The van der Waals surface area contributed by atoms with Crippen LogP contribution in [0.25, 0.3) is 0 Å². The smallest absolute Gasteiger partial charge is 0.255 e. The average molecular weight is 392 g/mol. The van der Waals surface area contributed by atoms with E-state index < -0.39 is 0 Å². The van der Waals surface area contributed by atoms with E-state index in [0.29, 0.717) is 28.7 Å².